The van der Waals surface area contributed by atoms with Crippen LogP contribution in [0.1, 0.15) is 46.0 Å². The Morgan fingerprint density at radius 3 is 2.71 bits per heavy atom. The maximum Gasteiger partial charge on any atom is 0.324 e. The highest BCUT2D eigenvalue weighted by Crippen LogP contribution is 2.40. The van der Waals surface area contributed by atoms with Crippen molar-refractivity contribution in [2.75, 3.05) is 13.2 Å². The van der Waals surface area contributed by atoms with Crippen LogP contribution in [-0.4, -0.2) is 46.8 Å². The van der Waals surface area contributed by atoms with Crippen molar-refractivity contribution in [3.8, 4) is 0 Å². The summed E-state index contributed by atoms with van der Waals surface area (Å²) in [6, 6.07) is 0.421. The Morgan fingerprint density at radius 1 is 1.47 bits per heavy atom. The highest BCUT2D eigenvalue weighted by atomic mass is 16.5. The topological polar surface area (TPSA) is 49.8 Å². The summed E-state index contributed by atoms with van der Waals surface area (Å²) in [7, 11) is 0. The third-order valence-corrected chi connectivity index (χ3v) is 4.44. The number of rotatable bonds is 5. The summed E-state index contributed by atoms with van der Waals surface area (Å²) in [5.41, 5.74) is -0.595. The molecule has 0 bridgehead atoms. The average molecular weight is 241 g/mol. The molecule has 1 aliphatic carbocycles. The maximum atomic E-state index is 11.5. The first-order valence-corrected chi connectivity index (χ1v) is 6.75. The first kappa shape index (κ1) is 12.8. The van der Waals surface area contributed by atoms with Gasteiger partial charge in [0.1, 0.15) is 5.54 Å². The predicted molar refractivity (Wildman–Crippen MR) is 65.0 cm³/mol. The molecule has 1 N–H and O–H groups in total. The van der Waals surface area contributed by atoms with Gasteiger partial charge in [0.25, 0.3) is 0 Å². The van der Waals surface area contributed by atoms with Gasteiger partial charge in [-0.3, -0.25) is 9.69 Å². The minimum Gasteiger partial charge on any atom is -0.480 e. The average Bonchev–Trinajstić information content (AvgIpc) is 2.67. The molecule has 98 valence electrons. The van der Waals surface area contributed by atoms with Gasteiger partial charge in [0, 0.05) is 12.6 Å². The fourth-order valence-electron chi connectivity index (χ4n) is 3.36. The van der Waals surface area contributed by atoms with E-state index in [1.807, 2.05) is 13.8 Å². The van der Waals surface area contributed by atoms with Crippen LogP contribution in [0.4, 0.5) is 0 Å². The number of likely N-dealkylation sites (tertiary alicyclic amines) is 1. The van der Waals surface area contributed by atoms with E-state index in [9.17, 15) is 9.90 Å². The monoisotopic (exact) mass is 241 g/mol. The Hall–Kier alpha value is -0.610. The first-order valence-electron chi connectivity index (χ1n) is 6.75. The van der Waals surface area contributed by atoms with E-state index in [0.29, 0.717) is 18.6 Å². The zero-order valence-electron chi connectivity index (χ0n) is 10.8. The quantitative estimate of drug-likeness (QED) is 0.798. The Morgan fingerprint density at radius 2 is 2.18 bits per heavy atom. The van der Waals surface area contributed by atoms with Gasteiger partial charge < -0.3 is 9.84 Å². The van der Waals surface area contributed by atoms with Crippen molar-refractivity contribution < 1.29 is 14.6 Å². The van der Waals surface area contributed by atoms with Gasteiger partial charge in [-0.2, -0.15) is 0 Å². The number of aliphatic carboxylic acids is 1. The second kappa shape index (κ2) is 4.94. The molecule has 1 aliphatic heterocycles. The lowest BCUT2D eigenvalue weighted by Gasteiger charge is -2.47. The van der Waals surface area contributed by atoms with E-state index >= 15 is 0 Å². The van der Waals surface area contributed by atoms with Crippen molar-refractivity contribution in [2.24, 2.45) is 0 Å². The third-order valence-electron chi connectivity index (χ3n) is 4.44. The van der Waals surface area contributed by atoms with Crippen LogP contribution >= 0.6 is 0 Å². The van der Waals surface area contributed by atoms with Gasteiger partial charge in [-0.15, -0.1) is 0 Å². The summed E-state index contributed by atoms with van der Waals surface area (Å²) in [6.45, 7) is 5.70. The van der Waals surface area contributed by atoms with E-state index in [0.717, 1.165) is 38.8 Å². The molecule has 2 aliphatic rings. The Balaban J connectivity index is 1.99. The van der Waals surface area contributed by atoms with E-state index < -0.39 is 11.5 Å². The number of hydrogen-bond donors (Lipinski definition) is 1. The van der Waals surface area contributed by atoms with Crippen LogP contribution < -0.4 is 0 Å². The lowest BCUT2D eigenvalue weighted by Crippen LogP contribution is -2.59. The van der Waals surface area contributed by atoms with Crippen molar-refractivity contribution in [1.82, 2.24) is 4.90 Å². The fourth-order valence-corrected chi connectivity index (χ4v) is 3.36. The molecule has 0 radical (unpaired) electrons. The SMILES string of the molecule is CCOC1CC(N2CCCC2(CC)C(=O)O)C1. The molecule has 17 heavy (non-hydrogen) atoms. The van der Waals surface area contributed by atoms with Crippen LogP contribution in [0.25, 0.3) is 0 Å². The van der Waals surface area contributed by atoms with E-state index in [1.165, 1.54) is 0 Å². The predicted octanol–water partition coefficient (Wildman–Crippen LogP) is 1.88. The van der Waals surface area contributed by atoms with Gasteiger partial charge >= 0.3 is 5.97 Å². The van der Waals surface area contributed by atoms with Crippen LogP contribution in [0.5, 0.6) is 0 Å². The molecule has 1 atom stereocenters. The van der Waals surface area contributed by atoms with Crippen LogP contribution in [0, 0.1) is 0 Å². The van der Waals surface area contributed by atoms with Crippen molar-refractivity contribution in [3.63, 3.8) is 0 Å². The summed E-state index contributed by atoms with van der Waals surface area (Å²) >= 11 is 0. The number of carboxylic acids is 1. The minimum atomic E-state index is -0.641. The molecule has 2 fully saturated rings. The molecular weight excluding hydrogens is 218 g/mol. The standard InChI is InChI=1S/C13H23NO3/c1-3-13(12(15)16)6-5-7-14(13)10-8-11(9-10)17-4-2/h10-11H,3-9H2,1-2H3,(H,15,16). The van der Waals surface area contributed by atoms with Crippen LogP contribution in [0.15, 0.2) is 0 Å². The lowest BCUT2D eigenvalue weighted by molar-refractivity contribution is -0.155. The summed E-state index contributed by atoms with van der Waals surface area (Å²) in [6.07, 6.45) is 4.88. The molecule has 1 heterocycles. The van der Waals surface area contributed by atoms with Gasteiger partial charge in [-0.1, -0.05) is 6.92 Å². The maximum absolute atomic E-state index is 11.5. The van der Waals surface area contributed by atoms with Crippen LogP contribution in [0.3, 0.4) is 0 Å². The number of hydrogen-bond acceptors (Lipinski definition) is 3. The normalized spacial score (nSPS) is 38.0. The van der Waals surface area contributed by atoms with Crippen molar-refractivity contribution >= 4 is 5.97 Å². The molecule has 4 nitrogen and oxygen atoms in total. The van der Waals surface area contributed by atoms with Crippen molar-refractivity contribution in [2.45, 2.75) is 63.6 Å². The molecule has 0 spiro atoms. The zero-order chi connectivity index (χ0) is 12.5. The molecule has 1 unspecified atom stereocenters. The van der Waals surface area contributed by atoms with Crippen molar-refractivity contribution in [3.05, 3.63) is 0 Å². The van der Waals surface area contributed by atoms with Crippen LogP contribution in [0.2, 0.25) is 0 Å². The molecule has 1 saturated carbocycles. The van der Waals surface area contributed by atoms with E-state index in [-0.39, 0.29) is 0 Å². The third kappa shape index (κ3) is 2.08. The highest BCUT2D eigenvalue weighted by molar-refractivity contribution is 5.79. The number of carbonyl (C=O) groups is 1. The molecule has 0 amide bonds. The number of nitrogens with zero attached hydrogens (tertiary/aromatic N) is 1. The molecule has 4 heteroatoms. The fraction of sp³-hybridized carbons (Fsp3) is 0.923. The summed E-state index contributed by atoms with van der Waals surface area (Å²) < 4.78 is 5.56. The molecule has 0 aromatic carbocycles. The van der Waals surface area contributed by atoms with E-state index in [1.54, 1.807) is 0 Å². The lowest BCUT2D eigenvalue weighted by atomic mass is 9.83. The Labute approximate surface area is 103 Å². The van der Waals surface area contributed by atoms with E-state index in [4.69, 9.17) is 4.74 Å². The van der Waals surface area contributed by atoms with Gasteiger partial charge in [-0.25, -0.2) is 0 Å². The van der Waals surface area contributed by atoms with Gasteiger partial charge in [0.2, 0.25) is 0 Å². The van der Waals surface area contributed by atoms with Gasteiger partial charge in [-0.05, 0) is 45.6 Å². The second-order valence-electron chi connectivity index (χ2n) is 5.19. The molecule has 2 rings (SSSR count). The van der Waals surface area contributed by atoms with Gasteiger partial charge in [0.05, 0.1) is 6.10 Å². The summed E-state index contributed by atoms with van der Waals surface area (Å²) in [5, 5.41) is 9.50. The Kier molecular flexibility index (Phi) is 3.73. The van der Waals surface area contributed by atoms with Crippen molar-refractivity contribution in [1.29, 1.82) is 0 Å². The molecular formula is C13H23NO3. The summed E-state index contributed by atoms with van der Waals surface area (Å²) in [4.78, 5) is 13.8. The Bertz CT molecular complexity index is 288. The highest BCUT2D eigenvalue weighted by Gasteiger charge is 2.51. The molecule has 0 aromatic heterocycles. The number of carboxylic acid groups (broad SMARTS) is 1. The zero-order valence-corrected chi connectivity index (χ0v) is 10.8. The second-order valence-corrected chi connectivity index (χ2v) is 5.19. The summed E-state index contributed by atoms with van der Waals surface area (Å²) in [5.74, 6) is -0.641. The largest absolute Gasteiger partial charge is 0.480 e. The number of ether oxygens (including phenoxy) is 1. The van der Waals surface area contributed by atoms with E-state index in [2.05, 4.69) is 4.90 Å². The molecule has 1 saturated heterocycles. The first-order chi connectivity index (χ1) is 8.14. The smallest absolute Gasteiger partial charge is 0.324 e. The minimum absolute atomic E-state index is 0.356. The van der Waals surface area contributed by atoms with Gasteiger partial charge in [0.15, 0.2) is 0 Å². The van der Waals surface area contributed by atoms with Crippen LogP contribution in [-0.2, 0) is 9.53 Å². The molecule has 0 aromatic rings.